The molecule has 116 valence electrons. The molecule has 1 aromatic carbocycles. The van der Waals surface area contributed by atoms with Crippen LogP contribution in [0.3, 0.4) is 0 Å². The number of benzene rings is 1. The first-order valence-corrected chi connectivity index (χ1v) is 8.53. The van der Waals surface area contributed by atoms with E-state index in [4.69, 9.17) is 0 Å². The molecule has 0 radical (unpaired) electrons. The molecule has 5 heteroatoms. The Kier molecular flexibility index (Phi) is 6.03. The van der Waals surface area contributed by atoms with E-state index in [9.17, 15) is 13.6 Å². The monoisotopic (exact) mass is 313 g/mol. The van der Waals surface area contributed by atoms with Crippen molar-refractivity contribution in [2.45, 2.75) is 44.4 Å². The van der Waals surface area contributed by atoms with Gasteiger partial charge in [0.2, 0.25) is 5.91 Å². The molecule has 1 fully saturated rings. The fourth-order valence-electron chi connectivity index (χ4n) is 2.69. The van der Waals surface area contributed by atoms with Crippen molar-refractivity contribution in [1.29, 1.82) is 0 Å². The van der Waals surface area contributed by atoms with Gasteiger partial charge < -0.3 is 5.32 Å². The molecule has 21 heavy (non-hydrogen) atoms. The quantitative estimate of drug-likeness (QED) is 0.893. The lowest BCUT2D eigenvalue weighted by Gasteiger charge is -2.29. The molecule has 2 atom stereocenters. The molecular formula is C16H21F2NOS. The van der Waals surface area contributed by atoms with E-state index in [0.29, 0.717) is 17.2 Å². The Morgan fingerprint density at radius 3 is 2.86 bits per heavy atom. The minimum Gasteiger partial charge on any atom is -0.352 e. The number of nitrogens with one attached hydrogen (secondary N) is 1. The summed E-state index contributed by atoms with van der Waals surface area (Å²) in [5.41, 5.74) is 0.304. The van der Waals surface area contributed by atoms with E-state index in [2.05, 4.69) is 12.2 Å². The summed E-state index contributed by atoms with van der Waals surface area (Å²) >= 11 is 1.31. The third-order valence-electron chi connectivity index (χ3n) is 3.98. The standard InChI is InChI=1S/C16H21F2NOS/c1-11-5-2-3-8-14(11)19-15(20)10-21-9-12-6-4-7-13(17)16(12)18/h4,6-7,11,14H,2-3,5,8-10H2,1H3,(H,19,20)/t11-,14-/m1/s1. The fraction of sp³-hybridized carbons (Fsp3) is 0.562. The van der Waals surface area contributed by atoms with Gasteiger partial charge in [-0.05, 0) is 24.8 Å². The minimum atomic E-state index is -0.839. The maximum atomic E-state index is 13.5. The van der Waals surface area contributed by atoms with Gasteiger partial charge >= 0.3 is 0 Å². The van der Waals surface area contributed by atoms with Crippen molar-refractivity contribution < 1.29 is 13.6 Å². The second-order valence-electron chi connectivity index (χ2n) is 5.64. The van der Waals surface area contributed by atoms with Crippen LogP contribution in [0.2, 0.25) is 0 Å². The molecule has 1 aromatic rings. The highest BCUT2D eigenvalue weighted by Crippen LogP contribution is 2.24. The molecule has 0 heterocycles. The number of hydrogen-bond acceptors (Lipinski definition) is 2. The highest BCUT2D eigenvalue weighted by atomic mass is 32.2. The van der Waals surface area contributed by atoms with Gasteiger partial charge in [-0.15, -0.1) is 11.8 Å². The summed E-state index contributed by atoms with van der Waals surface area (Å²) in [6.45, 7) is 2.17. The third-order valence-corrected chi connectivity index (χ3v) is 4.96. The molecular weight excluding hydrogens is 292 g/mol. The summed E-state index contributed by atoms with van der Waals surface area (Å²) in [7, 11) is 0. The van der Waals surface area contributed by atoms with E-state index in [-0.39, 0.29) is 17.7 Å². The van der Waals surface area contributed by atoms with Crippen molar-refractivity contribution in [2.24, 2.45) is 5.92 Å². The van der Waals surface area contributed by atoms with Crippen molar-refractivity contribution in [3.05, 3.63) is 35.4 Å². The third kappa shape index (κ3) is 4.70. The van der Waals surface area contributed by atoms with E-state index in [1.54, 1.807) is 6.07 Å². The van der Waals surface area contributed by atoms with Crippen molar-refractivity contribution in [3.8, 4) is 0 Å². The first kappa shape index (κ1) is 16.3. The second-order valence-corrected chi connectivity index (χ2v) is 6.63. The number of thioether (sulfide) groups is 1. The maximum Gasteiger partial charge on any atom is 0.230 e. The van der Waals surface area contributed by atoms with Gasteiger partial charge in [0.1, 0.15) is 0 Å². The summed E-state index contributed by atoms with van der Waals surface area (Å²) < 4.78 is 26.5. The highest BCUT2D eigenvalue weighted by Gasteiger charge is 2.22. The van der Waals surface area contributed by atoms with Crippen LogP contribution in [0.15, 0.2) is 18.2 Å². The van der Waals surface area contributed by atoms with Gasteiger partial charge in [0.05, 0.1) is 5.75 Å². The molecule has 0 spiro atoms. The molecule has 1 amide bonds. The van der Waals surface area contributed by atoms with Crippen molar-refractivity contribution in [3.63, 3.8) is 0 Å². The number of carbonyl (C=O) groups excluding carboxylic acids is 1. The van der Waals surface area contributed by atoms with Crippen LogP contribution in [0.1, 0.15) is 38.2 Å². The zero-order chi connectivity index (χ0) is 15.2. The van der Waals surface area contributed by atoms with Crippen LogP contribution < -0.4 is 5.32 Å². The molecule has 0 saturated heterocycles. The van der Waals surface area contributed by atoms with Crippen LogP contribution in [0, 0.1) is 17.6 Å². The summed E-state index contributed by atoms with van der Waals surface area (Å²) in [4.78, 5) is 11.9. The average Bonchev–Trinajstić information content (AvgIpc) is 2.46. The van der Waals surface area contributed by atoms with Crippen LogP contribution in [-0.2, 0) is 10.5 Å². The molecule has 1 aliphatic carbocycles. The summed E-state index contributed by atoms with van der Waals surface area (Å²) in [6, 6.07) is 4.39. The molecule has 1 aliphatic rings. The molecule has 1 saturated carbocycles. The van der Waals surface area contributed by atoms with Gasteiger partial charge in [-0.2, -0.15) is 0 Å². The Morgan fingerprint density at radius 2 is 2.10 bits per heavy atom. The van der Waals surface area contributed by atoms with Crippen LogP contribution in [0.25, 0.3) is 0 Å². The lowest BCUT2D eigenvalue weighted by atomic mass is 9.86. The van der Waals surface area contributed by atoms with Crippen LogP contribution >= 0.6 is 11.8 Å². The molecule has 2 nitrogen and oxygen atoms in total. The molecule has 0 aromatic heterocycles. The molecule has 2 rings (SSSR count). The zero-order valence-corrected chi connectivity index (χ0v) is 13.0. The highest BCUT2D eigenvalue weighted by molar-refractivity contribution is 7.99. The second kappa shape index (κ2) is 7.78. The first-order chi connectivity index (χ1) is 10.1. The van der Waals surface area contributed by atoms with Crippen LogP contribution in [0.4, 0.5) is 8.78 Å². The van der Waals surface area contributed by atoms with Crippen molar-refractivity contribution in [1.82, 2.24) is 5.32 Å². The number of halogens is 2. The van der Waals surface area contributed by atoms with Crippen molar-refractivity contribution in [2.75, 3.05) is 5.75 Å². The SMILES string of the molecule is C[C@@H]1CCCC[C@H]1NC(=O)CSCc1cccc(F)c1F. The normalized spacial score (nSPS) is 22.0. The fourth-order valence-corrected chi connectivity index (χ4v) is 3.51. The Morgan fingerprint density at radius 1 is 1.33 bits per heavy atom. The van der Waals surface area contributed by atoms with Crippen LogP contribution in [0.5, 0.6) is 0 Å². The number of amides is 1. The summed E-state index contributed by atoms with van der Waals surface area (Å²) in [5, 5.41) is 3.05. The molecule has 0 bridgehead atoms. The lowest BCUT2D eigenvalue weighted by molar-refractivity contribution is -0.119. The summed E-state index contributed by atoms with van der Waals surface area (Å²) in [6.07, 6.45) is 4.60. The maximum absolute atomic E-state index is 13.5. The molecule has 0 unspecified atom stereocenters. The Hall–Kier alpha value is -1.10. The Balaban J connectivity index is 1.75. The van der Waals surface area contributed by atoms with Gasteiger partial charge in [0.25, 0.3) is 0 Å². The van der Waals surface area contributed by atoms with Gasteiger partial charge in [-0.3, -0.25) is 4.79 Å². The first-order valence-electron chi connectivity index (χ1n) is 7.38. The van der Waals surface area contributed by atoms with E-state index >= 15 is 0 Å². The predicted octanol–water partition coefficient (Wildman–Crippen LogP) is 3.89. The lowest BCUT2D eigenvalue weighted by Crippen LogP contribution is -2.41. The smallest absolute Gasteiger partial charge is 0.230 e. The van der Waals surface area contributed by atoms with E-state index in [1.165, 1.54) is 24.2 Å². The number of hydrogen-bond donors (Lipinski definition) is 1. The number of rotatable bonds is 5. The molecule has 0 aliphatic heterocycles. The van der Waals surface area contributed by atoms with Crippen molar-refractivity contribution >= 4 is 17.7 Å². The van der Waals surface area contributed by atoms with Crippen LogP contribution in [-0.4, -0.2) is 17.7 Å². The zero-order valence-electron chi connectivity index (χ0n) is 12.2. The van der Waals surface area contributed by atoms with E-state index in [0.717, 1.165) is 25.3 Å². The van der Waals surface area contributed by atoms with Gasteiger partial charge in [0, 0.05) is 17.4 Å². The summed E-state index contributed by atoms with van der Waals surface area (Å²) in [5.74, 6) is -0.569. The van der Waals surface area contributed by atoms with E-state index in [1.807, 2.05) is 0 Å². The Bertz CT molecular complexity index is 495. The predicted molar refractivity (Wildman–Crippen MR) is 82.1 cm³/mol. The average molecular weight is 313 g/mol. The Labute approximate surface area is 128 Å². The largest absolute Gasteiger partial charge is 0.352 e. The van der Waals surface area contributed by atoms with Gasteiger partial charge in [-0.25, -0.2) is 8.78 Å². The number of carbonyl (C=O) groups is 1. The molecule has 1 N–H and O–H groups in total. The van der Waals surface area contributed by atoms with Gasteiger partial charge in [0.15, 0.2) is 11.6 Å². The van der Waals surface area contributed by atoms with E-state index < -0.39 is 11.6 Å². The topological polar surface area (TPSA) is 29.1 Å². The van der Waals surface area contributed by atoms with Gasteiger partial charge in [-0.1, -0.05) is 31.9 Å². The minimum absolute atomic E-state index is 0.0180.